The number of nitrogens with zero attached hydrogens (tertiary/aromatic N) is 2. The highest BCUT2D eigenvalue weighted by atomic mass is 35.5. The summed E-state index contributed by atoms with van der Waals surface area (Å²) in [6.07, 6.45) is 0. The van der Waals surface area contributed by atoms with Gasteiger partial charge in [-0.15, -0.1) is 0 Å². The van der Waals surface area contributed by atoms with Gasteiger partial charge in [-0.1, -0.05) is 29.8 Å². The number of benzene rings is 2. The van der Waals surface area contributed by atoms with E-state index in [4.69, 9.17) is 11.6 Å². The molecule has 3 rings (SSSR count). The Kier molecular flexibility index (Phi) is 6.22. The van der Waals surface area contributed by atoms with Crippen molar-refractivity contribution >= 4 is 40.1 Å². The van der Waals surface area contributed by atoms with Crippen LogP contribution in [0.4, 0.5) is 10.5 Å². The molecule has 30 heavy (non-hydrogen) atoms. The number of halogens is 1. The van der Waals surface area contributed by atoms with Crippen LogP contribution in [0.5, 0.6) is 0 Å². The van der Waals surface area contributed by atoms with Crippen molar-refractivity contribution < 1.29 is 9.59 Å². The van der Waals surface area contributed by atoms with E-state index in [1.807, 2.05) is 52.0 Å². The fourth-order valence-electron chi connectivity index (χ4n) is 2.91. The Labute approximate surface area is 180 Å². The van der Waals surface area contributed by atoms with Crippen molar-refractivity contribution in [2.45, 2.75) is 39.8 Å². The Bertz CT molecular complexity index is 1110. The number of rotatable bonds is 4. The lowest BCUT2D eigenvalue weighted by Gasteiger charge is -2.21. The smallest absolute Gasteiger partial charge is 0.319 e. The predicted octanol–water partition coefficient (Wildman–Crippen LogP) is 4.44. The van der Waals surface area contributed by atoms with Crippen molar-refractivity contribution in [3.8, 4) is 0 Å². The zero-order chi connectivity index (χ0) is 21.9. The van der Waals surface area contributed by atoms with Crippen LogP contribution in [0.1, 0.15) is 42.6 Å². The fraction of sp³-hybridized carbons (Fsp3) is 0.273. The number of fused-ring (bicyclic) bond motifs is 1. The standard InChI is InChI=1S/C22H24ClN5O2/c1-13-15-7-5-6-8-18(15)27-19(25-13)12-24-20(29)16-11-14(9-10-17(16)23)26-21(30)28-22(2,3)4/h5-11H,12H2,1-4H3,(H,24,29)(H2,26,28,30). The molecule has 0 aliphatic carbocycles. The third-order valence-electron chi connectivity index (χ3n) is 4.20. The first-order valence-electron chi connectivity index (χ1n) is 9.51. The molecule has 156 valence electrons. The highest BCUT2D eigenvalue weighted by Gasteiger charge is 2.16. The molecule has 0 atom stereocenters. The van der Waals surface area contributed by atoms with E-state index in [-0.39, 0.29) is 34.6 Å². The molecule has 3 aromatic rings. The minimum Gasteiger partial charge on any atom is -0.345 e. The summed E-state index contributed by atoms with van der Waals surface area (Å²) in [5.41, 5.74) is 2.00. The van der Waals surface area contributed by atoms with Gasteiger partial charge < -0.3 is 16.0 Å². The van der Waals surface area contributed by atoms with E-state index < -0.39 is 0 Å². The van der Waals surface area contributed by atoms with Crippen LogP contribution in [0, 0.1) is 6.92 Å². The number of anilines is 1. The summed E-state index contributed by atoms with van der Waals surface area (Å²) in [5.74, 6) is 0.129. The quantitative estimate of drug-likeness (QED) is 0.575. The van der Waals surface area contributed by atoms with E-state index in [1.54, 1.807) is 12.1 Å². The first-order valence-corrected chi connectivity index (χ1v) is 9.89. The second kappa shape index (κ2) is 8.67. The van der Waals surface area contributed by atoms with E-state index in [9.17, 15) is 9.59 Å². The molecule has 0 aliphatic rings. The summed E-state index contributed by atoms with van der Waals surface area (Å²) < 4.78 is 0. The van der Waals surface area contributed by atoms with Crippen molar-refractivity contribution in [3.63, 3.8) is 0 Å². The number of amides is 3. The van der Waals surface area contributed by atoms with Gasteiger partial charge in [-0.2, -0.15) is 0 Å². The van der Waals surface area contributed by atoms with Gasteiger partial charge in [0.2, 0.25) is 0 Å². The third kappa shape index (κ3) is 5.45. The lowest BCUT2D eigenvalue weighted by atomic mass is 10.1. The molecule has 0 saturated carbocycles. The van der Waals surface area contributed by atoms with Gasteiger partial charge in [0.1, 0.15) is 5.82 Å². The van der Waals surface area contributed by atoms with Crippen molar-refractivity contribution in [2.75, 3.05) is 5.32 Å². The van der Waals surface area contributed by atoms with E-state index in [2.05, 4.69) is 25.9 Å². The number of carbonyl (C=O) groups excluding carboxylic acids is 2. The van der Waals surface area contributed by atoms with E-state index >= 15 is 0 Å². The van der Waals surface area contributed by atoms with Crippen molar-refractivity contribution in [1.82, 2.24) is 20.6 Å². The molecule has 7 nitrogen and oxygen atoms in total. The van der Waals surface area contributed by atoms with Gasteiger partial charge >= 0.3 is 6.03 Å². The molecule has 0 aliphatic heterocycles. The van der Waals surface area contributed by atoms with E-state index in [0.29, 0.717) is 11.5 Å². The average Bonchev–Trinajstić information content (AvgIpc) is 2.66. The molecule has 0 bridgehead atoms. The largest absolute Gasteiger partial charge is 0.345 e. The normalized spacial score (nSPS) is 11.2. The fourth-order valence-corrected chi connectivity index (χ4v) is 3.11. The van der Waals surface area contributed by atoms with Crippen LogP contribution in [-0.4, -0.2) is 27.4 Å². The summed E-state index contributed by atoms with van der Waals surface area (Å²) in [6, 6.07) is 12.1. The van der Waals surface area contributed by atoms with Crippen LogP contribution in [0.15, 0.2) is 42.5 Å². The molecular weight excluding hydrogens is 402 g/mol. The van der Waals surface area contributed by atoms with Crippen LogP contribution < -0.4 is 16.0 Å². The number of nitrogens with one attached hydrogen (secondary N) is 3. The predicted molar refractivity (Wildman–Crippen MR) is 119 cm³/mol. The molecule has 1 aromatic heterocycles. The number of hydrogen-bond acceptors (Lipinski definition) is 4. The number of hydrogen-bond donors (Lipinski definition) is 3. The first kappa shape index (κ1) is 21.5. The zero-order valence-electron chi connectivity index (χ0n) is 17.3. The SMILES string of the molecule is Cc1nc(CNC(=O)c2cc(NC(=O)NC(C)(C)C)ccc2Cl)nc2ccccc12. The van der Waals surface area contributed by atoms with E-state index in [1.165, 1.54) is 6.07 Å². The van der Waals surface area contributed by atoms with Gasteiger partial charge in [0.15, 0.2) is 0 Å². The van der Waals surface area contributed by atoms with Gasteiger partial charge in [0.05, 0.1) is 22.6 Å². The highest BCUT2D eigenvalue weighted by Crippen LogP contribution is 2.21. The van der Waals surface area contributed by atoms with Gasteiger partial charge in [0.25, 0.3) is 5.91 Å². The Morgan fingerprint density at radius 2 is 1.80 bits per heavy atom. The van der Waals surface area contributed by atoms with Crippen molar-refractivity contribution in [3.05, 3.63) is 64.6 Å². The maximum Gasteiger partial charge on any atom is 0.319 e. The van der Waals surface area contributed by atoms with Crippen molar-refractivity contribution in [1.29, 1.82) is 0 Å². The second-order valence-electron chi connectivity index (χ2n) is 7.95. The zero-order valence-corrected chi connectivity index (χ0v) is 18.1. The summed E-state index contributed by atoms with van der Waals surface area (Å²) in [7, 11) is 0. The summed E-state index contributed by atoms with van der Waals surface area (Å²) >= 11 is 6.20. The monoisotopic (exact) mass is 425 g/mol. The summed E-state index contributed by atoms with van der Waals surface area (Å²) in [4.78, 5) is 33.7. The molecule has 2 aromatic carbocycles. The van der Waals surface area contributed by atoms with E-state index in [0.717, 1.165) is 16.6 Å². The Morgan fingerprint density at radius 1 is 1.07 bits per heavy atom. The minimum atomic E-state index is -0.380. The van der Waals surface area contributed by atoms with Crippen LogP contribution in [0.2, 0.25) is 5.02 Å². The molecule has 3 N–H and O–H groups in total. The van der Waals surface area contributed by atoms with Crippen LogP contribution >= 0.6 is 11.6 Å². The average molecular weight is 426 g/mol. The number of aromatic nitrogens is 2. The molecule has 0 unspecified atom stereocenters. The number of para-hydroxylation sites is 1. The molecule has 1 heterocycles. The minimum absolute atomic E-state index is 0.156. The first-order chi connectivity index (χ1) is 14.1. The Balaban J connectivity index is 1.71. The molecule has 0 saturated heterocycles. The molecular formula is C22H24ClN5O2. The number of aryl methyl sites for hydroxylation is 1. The Morgan fingerprint density at radius 3 is 2.53 bits per heavy atom. The number of carbonyl (C=O) groups is 2. The second-order valence-corrected chi connectivity index (χ2v) is 8.36. The van der Waals surface area contributed by atoms with Crippen molar-refractivity contribution in [2.24, 2.45) is 0 Å². The maximum atomic E-state index is 12.7. The molecule has 8 heteroatoms. The molecule has 3 amide bonds. The maximum absolute atomic E-state index is 12.7. The summed E-state index contributed by atoms with van der Waals surface area (Å²) in [6.45, 7) is 7.70. The Hall–Kier alpha value is -3.19. The van der Waals surface area contributed by atoms with Gasteiger partial charge in [-0.3, -0.25) is 4.79 Å². The molecule has 0 fully saturated rings. The van der Waals surface area contributed by atoms with Crippen LogP contribution in [0.25, 0.3) is 10.9 Å². The number of urea groups is 1. The summed E-state index contributed by atoms with van der Waals surface area (Å²) in [5, 5.41) is 9.55. The van der Waals surface area contributed by atoms with Gasteiger partial charge in [-0.25, -0.2) is 14.8 Å². The highest BCUT2D eigenvalue weighted by molar-refractivity contribution is 6.34. The van der Waals surface area contributed by atoms with Gasteiger partial charge in [0, 0.05) is 22.3 Å². The van der Waals surface area contributed by atoms with Gasteiger partial charge in [-0.05, 0) is 52.0 Å². The van der Waals surface area contributed by atoms with Crippen LogP contribution in [-0.2, 0) is 6.54 Å². The lowest BCUT2D eigenvalue weighted by Crippen LogP contribution is -2.43. The molecule has 0 radical (unpaired) electrons. The lowest BCUT2D eigenvalue weighted by molar-refractivity contribution is 0.0950. The van der Waals surface area contributed by atoms with Crippen LogP contribution in [0.3, 0.4) is 0 Å². The topological polar surface area (TPSA) is 96.0 Å². The molecule has 0 spiro atoms. The third-order valence-corrected chi connectivity index (χ3v) is 4.53.